The van der Waals surface area contributed by atoms with Gasteiger partial charge in [0.15, 0.2) is 0 Å². The summed E-state index contributed by atoms with van der Waals surface area (Å²) in [5.41, 5.74) is 2.71. The number of alkyl halides is 1. The summed E-state index contributed by atoms with van der Waals surface area (Å²) in [7, 11) is 0. The molecule has 1 fully saturated rings. The van der Waals surface area contributed by atoms with Gasteiger partial charge in [-0.05, 0) is 23.5 Å². The maximum absolute atomic E-state index is 6.23. The summed E-state index contributed by atoms with van der Waals surface area (Å²) in [6.45, 7) is 5.47. The maximum Gasteiger partial charge on any atom is 0.0717 e. The lowest BCUT2D eigenvalue weighted by molar-refractivity contribution is 0.107. The van der Waals surface area contributed by atoms with Crippen molar-refractivity contribution < 1.29 is 4.74 Å². The van der Waals surface area contributed by atoms with E-state index in [1.54, 1.807) is 0 Å². The number of ether oxygens (including phenoxy) is 1. The monoisotopic (exact) mass is 316 g/mol. The Kier molecular flexibility index (Phi) is 6.48. The summed E-state index contributed by atoms with van der Waals surface area (Å²) >= 11 is 6.23. The molecule has 3 rings (SSSR count). The lowest BCUT2D eigenvalue weighted by Gasteiger charge is -2.14. The first kappa shape index (κ1) is 17.1. The van der Waals surface area contributed by atoms with Gasteiger partial charge in [-0.25, -0.2) is 0 Å². The predicted octanol–water partition coefficient (Wildman–Crippen LogP) is 5.43. The number of benzene rings is 2. The molecule has 0 radical (unpaired) electrons. The number of halogens is 1. The van der Waals surface area contributed by atoms with Crippen LogP contribution in [0.1, 0.15) is 31.4 Å². The fourth-order valence-electron chi connectivity index (χ4n) is 2.86. The van der Waals surface area contributed by atoms with Gasteiger partial charge in [-0.2, -0.15) is 0 Å². The molecule has 1 nitrogen and oxygen atoms in total. The summed E-state index contributed by atoms with van der Waals surface area (Å²) in [5, 5.41) is 0. The SMILES string of the molecule is CC.ClCC1(c2ccccc2)CC1COCc1ccccc1. The quantitative estimate of drug-likeness (QED) is 0.646. The molecule has 118 valence electrons. The van der Waals surface area contributed by atoms with Gasteiger partial charge in [-0.3, -0.25) is 0 Å². The Morgan fingerprint density at radius 3 is 2.18 bits per heavy atom. The third-order valence-electron chi connectivity index (χ3n) is 4.25. The van der Waals surface area contributed by atoms with E-state index in [2.05, 4.69) is 42.5 Å². The van der Waals surface area contributed by atoms with E-state index in [1.165, 1.54) is 11.1 Å². The van der Waals surface area contributed by atoms with Crippen molar-refractivity contribution in [3.63, 3.8) is 0 Å². The smallest absolute Gasteiger partial charge is 0.0717 e. The first-order chi connectivity index (χ1) is 10.8. The van der Waals surface area contributed by atoms with E-state index in [0.29, 0.717) is 18.4 Å². The zero-order chi connectivity index (χ0) is 15.8. The molecule has 0 heterocycles. The third-order valence-corrected chi connectivity index (χ3v) is 4.73. The molecule has 2 aromatic rings. The molecule has 2 unspecified atom stereocenters. The van der Waals surface area contributed by atoms with Crippen molar-refractivity contribution in [1.29, 1.82) is 0 Å². The van der Waals surface area contributed by atoms with Gasteiger partial charge in [0.25, 0.3) is 0 Å². The topological polar surface area (TPSA) is 9.23 Å². The Balaban J connectivity index is 0.000000847. The molecule has 0 spiro atoms. The Morgan fingerprint density at radius 1 is 1.00 bits per heavy atom. The lowest BCUT2D eigenvalue weighted by Crippen LogP contribution is -2.15. The Labute approximate surface area is 139 Å². The molecule has 1 aliphatic rings. The van der Waals surface area contributed by atoms with E-state index in [4.69, 9.17) is 16.3 Å². The Bertz CT molecular complexity index is 540. The zero-order valence-electron chi connectivity index (χ0n) is 13.5. The predicted molar refractivity (Wildman–Crippen MR) is 94.4 cm³/mol. The highest BCUT2D eigenvalue weighted by atomic mass is 35.5. The summed E-state index contributed by atoms with van der Waals surface area (Å²) in [5.74, 6) is 1.22. The van der Waals surface area contributed by atoms with E-state index in [9.17, 15) is 0 Å². The zero-order valence-corrected chi connectivity index (χ0v) is 14.2. The summed E-state index contributed by atoms with van der Waals surface area (Å²) in [6, 6.07) is 20.9. The van der Waals surface area contributed by atoms with Gasteiger partial charge in [0.05, 0.1) is 13.2 Å². The van der Waals surface area contributed by atoms with E-state index in [0.717, 1.165) is 13.0 Å². The van der Waals surface area contributed by atoms with Crippen molar-refractivity contribution in [2.24, 2.45) is 5.92 Å². The second kappa shape index (κ2) is 8.36. The standard InChI is InChI=1S/C18H19ClO.C2H6/c19-14-18(16-9-5-2-6-10-16)11-17(18)13-20-12-15-7-3-1-4-8-15;1-2/h1-10,17H,11-14H2;1-2H3. The lowest BCUT2D eigenvalue weighted by atomic mass is 9.95. The van der Waals surface area contributed by atoms with Crippen LogP contribution < -0.4 is 0 Å². The van der Waals surface area contributed by atoms with Gasteiger partial charge in [0, 0.05) is 11.3 Å². The molecule has 2 aromatic carbocycles. The maximum atomic E-state index is 6.23. The van der Waals surface area contributed by atoms with E-state index in [-0.39, 0.29) is 5.41 Å². The second-order valence-corrected chi connectivity index (χ2v) is 5.82. The minimum atomic E-state index is 0.138. The third kappa shape index (κ3) is 3.91. The van der Waals surface area contributed by atoms with Crippen molar-refractivity contribution in [1.82, 2.24) is 0 Å². The Hall–Kier alpha value is -1.31. The van der Waals surface area contributed by atoms with Crippen molar-refractivity contribution in [2.75, 3.05) is 12.5 Å². The van der Waals surface area contributed by atoms with Gasteiger partial charge in [0.2, 0.25) is 0 Å². The van der Waals surface area contributed by atoms with Crippen LogP contribution in [0.5, 0.6) is 0 Å². The van der Waals surface area contributed by atoms with Crippen LogP contribution in [0.2, 0.25) is 0 Å². The van der Waals surface area contributed by atoms with E-state index in [1.807, 2.05) is 32.0 Å². The first-order valence-electron chi connectivity index (χ1n) is 8.08. The highest BCUT2D eigenvalue weighted by Gasteiger charge is 2.54. The number of hydrogen-bond donors (Lipinski definition) is 0. The van der Waals surface area contributed by atoms with Crippen LogP contribution in [0, 0.1) is 5.92 Å². The highest BCUT2D eigenvalue weighted by Crippen LogP contribution is 2.55. The summed E-state index contributed by atoms with van der Waals surface area (Å²) in [4.78, 5) is 0. The first-order valence-corrected chi connectivity index (χ1v) is 8.62. The molecule has 2 heteroatoms. The minimum absolute atomic E-state index is 0.138. The number of rotatable bonds is 6. The van der Waals surface area contributed by atoms with E-state index < -0.39 is 0 Å². The molecule has 22 heavy (non-hydrogen) atoms. The minimum Gasteiger partial charge on any atom is -0.376 e. The van der Waals surface area contributed by atoms with Crippen LogP contribution in [0.3, 0.4) is 0 Å². The summed E-state index contributed by atoms with van der Waals surface area (Å²) in [6.07, 6.45) is 1.13. The van der Waals surface area contributed by atoms with Crippen LogP contribution in [-0.4, -0.2) is 12.5 Å². The molecule has 0 amide bonds. The fourth-order valence-corrected chi connectivity index (χ4v) is 3.34. The molecule has 0 N–H and O–H groups in total. The van der Waals surface area contributed by atoms with Crippen molar-refractivity contribution in [3.8, 4) is 0 Å². The fraction of sp³-hybridized carbons (Fsp3) is 0.400. The van der Waals surface area contributed by atoms with Gasteiger partial charge in [-0.15, -0.1) is 11.6 Å². The second-order valence-electron chi connectivity index (χ2n) is 5.56. The molecule has 2 atom stereocenters. The number of hydrogen-bond acceptors (Lipinski definition) is 1. The summed E-state index contributed by atoms with van der Waals surface area (Å²) < 4.78 is 5.86. The molecule has 0 saturated heterocycles. The van der Waals surface area contributed by atoms with E-state index >= 15 is 0 Å². The van der Waals surface area contributed by atoms with Gasteiger partial charge in [0.1, 0.15) is 0 Å². The highest BCUT2D eigenvalue weighted by molar-refractivity contribution is 6.19. The van der Waals surface area contributed by atoms with Crippen LogP contribution in [0.25, 0.3) is 0 Å². The van der Waals surface area contributed by atoms with Crippen molar-refractivity contribution in [3.05, 3.63) is 71.8 Å². The molecular formula is C20H25ClO. The van der Waals surface area contributed by atoms with Crippen molar-refractivity contribution in [2.45, 2.75) is 32.3 Å². The van der Waals surface area contributed by atoms with Crippen LogP contribution >= 0.6 is 11.6 Å². The van der Waals surface area contributed by atoms with Gasteiger partial charge in [-0.1, -0.05) is 74.5 Å². The average molecular weight is 317 g/mol. The van der Waals surface area contributed by atoms with Gasteiger partial charge < -0.3 is 4.74 Å². The largest absolute Gasteiger partial charge is 0.376 e. The van der Waals surface area contributed by atoms with Gasteiger partial charge >= 0.3 is 0 Å². The normalized spacial score (nSPS) is 22.6. The molecule has 1 aliphatic carbocycles. The van der Waals surface area contributed by atoms with Crippen LogP contribution in [-0.2, 0) is 16.8 Å². The van der Waals surface area contributed by atoms with Crippen LogP contribution in [0.15, 0.2) is 60.7 Å². The molecule has 1 saturated carbocycles. The average Bonchev–Trinajstić information content (AvgIpc) is 3.33. The van der Waals surface area contributed by atoms with Crippen molar-refractivity contribution >= 4 is 11.6 Å². The molecular weight excluding hydrogens is 292 g/mol. The molecule has 0 aromatic heterocycles. The Morgan fingerprint density at radius 2 is 1.59 bits per heavy atom. The molecule has 0 aliphatic heterocycles. The molecule has 0 bridgehead atoms. The van der Waals surface area contributed by atoms with Crippen LogP contribution in [0.4, 0.5) is 0 Å².